The molecule has 0 aliphatic carbocycles. The summed E-state index contributed by atoms with van der Waals surface area (Å²) in [7, 11) is 1.47. The average molecular weight is 644 g/mol. The number of likely N-dealkylation sites (N-methyl/N-ethyl adjacent to an activating group) is 1. The first-order valence-electron chi connectivity index (χ1n) is 14.9. The number of benzene rings is 4. The molecule has 0 radical (unpaired) electrons. The number of amides is 4. The van der Waals surface area contributed by atoms with Crippen LogP contribution in [0.2, 0.25) is 0 Å². The summed E-state index contributed by atoms with van der Waals surface area (Å²) in [6.07, 6.45) is 0. The number of aromatic nitrogens is 4. The fourth-order valence-electron chi connectivity index (χ4n) is 5.10. The first kappa shape index (κ1) is 31.5. The molecule has 0 saturated heterocycles. The highest BCUT2D eigenvalue weighted by Crippen LogP contribution is 2.29. The maximum atomic E-state index is 14.7. The number of aryl methyl sites for hydroxylation is 2. The van der Waals surface area contributed by atoms with Crippen molar-refractivity contribution in [1.29, 1.82) is 0 Å². The monoisotopic (exact) mass is 643 g/mol. The Morgan fingerprint density at radius 2 is 1.19 bits per heavy atom. The molecular formula is C36H31N6O4S+. The molecule has 0 bridgehead atoms. The molecule has 234 valence electrons. The van der Waals surface area contributed by atoms with E-state index in [1.165, 1.54) is 18.8 Å². The van der Waals surface area contributed by atoms with Crippen LogP contribution in [-0.2, 0) is 9.59 Å². The lowest BCUT2D eigenvalue weighted by Gasteiger charge is -2.32. The lowest BCUT2D eigenvalue weighted by Crippen LogP contribution is -2.63. The minimum Gasteiger partial charge on any atom is -0.462 e. The van der Waals surface area contributed by atoms with Gasteiger partial charge in [0.1, 0.15) is 16.4 Å². The normalized spacial score (nSPS) is 12.4. The summed E-state index contributed by atoms with van der Waals surface area (Å²) in [4.78, 5) is 62.3. The highest BCUT2D eigenvalue weighted by molar-refractivity contribution is 8.00. The van der Waals surface area contributed by atoms with Crippen LogP contribution in [0.5, 0.6) is 5.88 Å². The number of nitrogens with zero attached hydrogens (tertiary/aromatic N) is 6. The Bertz CT molecular complexity index is 2110. The molecule has 0 aliphatic rings. The number of carbonyl (C=O) groups excluding carboxylic acids is 3. The Morgan fingerprint density at radius 1 is 0.681 bits per heavy atom. The second kappa shape index (κ2) is 13.5. The van der Waals surface area contributed by atoms with Gasteiger partial charge in [0.2, 0.25) is 18.4 Å². The first-order chi connectivity index (χ1) is 22.8. The van der Waals surface area contributed by atoms with Gasteiger partial charge in [0.05, 0.1) is 46.2 Å². The van der Waals surface area contributed by atoms with E-state index in [4.69, 9.17) is 4.74 Å². The zero-order valence-corrected chi connectivity index (χ0v) is 26.8. The number of imide groups is 2. The number of carbonyl (C=O) groups is 3. The number of para-hydroxylation sites is 6. The second-order valence-corrected chi connectivity index (χ2v) is 11.8. The highest BCUT2D eigenvalue weighted by Gasteiger charge is 2.48. The van der Waals surface area contributed by atoms with Gasteiger partial charge in [-0.1, -0.05) is 72.4 Å². The van der Waals surface area contributed by atoms with Crippen molar-refractivity contribution in [2.75, 3.05) is 24.3 Å². The number of urea groups is 1. The number of ether oxygens (including phenoxy) is 1. The molecule has 2 aromatic heterocycles. The Labute approximate surface area is 275 Å². The SMILES string of the molecule is Cc1nc2ccccc2nc1OCC(=O)[N+](C)(C(=O)N(C(=O)CSc1nc2ccccc2nc1C)c1ccccc1)c1ccccc1. The Hall–Kier alpha value is -5.52. The largest absolute Gasteiger partial charge is 0.462 e. The molecule has 1 atom stereocenters. The van der Waals surface area contributed by atoms with E-state index in [-0.39, 0.29) is 11.6 Å². The van der Waals surface area contributed by atoms with Crippen LogP contribution in [0, 0.1) is 13.8 Å². The van der Waals surface area contributed by atoms with E-state index in [0.717, 1.165) is 10.4 Å². The number of hydrogen-bond acceptors (Lipinski definition) is 9. The molecule has 4 amide bonds. The predicted molar refractivity (Wildman–Crippen MR) is 183 cm³/mol. The number of hydrogen-bond donors (Lipinski definition) is 0. The van der Waals surface area contributed by atoms with Gasteiger partial charge in [0.15, 0.2) is 0 Å². The van der Waals surface area contributed by atoms with Crippen LogP contribution in [0.3, 0.4) is 0 Å². The third-order valence-electron chi connectivity index (χ3n) is 7.68. The van der Waals surface area contributed by atoms with Crippen LogP contribution in [0.1, 0.15) is 11.4 Å². The molecule has 0 saturated carbocycles. The summed E-state index contributed by atoms with van der Waals surface area (Å²) in [5.41, 5.74) is 4.63. The van der Waals surface area contributed by atoms with Gasteiger partial charge in [-0.2, -0.15) is 4.90 Å². The van der Waals surface area contributed by atoms with Crippen LogP contribution >= 0.6 is 11.8 Å². The Kier molecular flexibility index (Phi) is 9.01. The molecule has 11 heteroatoms. The summed E-state index contributed by atoms with van der Waals surface area (Å²) in [6, 6.07) is 31.3. The van der Waals surface area contributed by atoms with Crippen molar-refractivity contribution >= 4 is 63.0 Å². The summed E-state index contributed by atoms with van der Waals surface area (Å²) in [5, 5.41) is 0.578. The zero-order valence-electron chi connectivity index (χ0n) is 26.0. The van der Waals surface area contributed by atoms with Gasteiger partial charge < -0.3 is 4.74 Å². The maximum absolute atomic E-state index is 14.7. The van der Waals surface area contributed by atoms with Crippen molar-refractivity contribution in [1.82, 2.24) is 24.4 Å². The Balaban J connectivity index is 1.32. The van der Waals surface area contributed by atoms with Gasteiger partial charge in [-0.15, -0.1) is 4.48 Å². The minimum absolute atomic E-state index is 0.125. The Morgan fingerprint density at radius 3 is 1.81 bits per heavy atom. The van der Waals surface area contributed by atoms with Crippen LogP contribution in [0.15, 0.2) is 114 Å². The topological polar surface area (TPSA) is 115 Å². The van der Waals surface area contributed by atoms with Crippen LogP contribution in [0.25, 0.3) is 22.1 Å². The fraction of sp³-hybridized carbons (Fsp3) is 0.139. The van der Waals surface area contributed by atoms with Crippen molar-refractivity contribution in [2.45, 2.75) is 18.9 Å². The molecule has 0 N–H and O–H groups in total. The van der Waals surface area contributed by atoms with Gasteiger partial charge in [0.25, 0.3) is 0 Å². The van der Waals surface area contributed by atoms with Crippen molar-refractivity contribution in [3.8, 4) is 5.88 Å². The third kappa shape index (κ3) is 6.44. The number of rotatable bonds is 8. The lowest BCUT2D eigenvalue weighted by molar-refractivity contribution is -0.128. The molecule has 0 fully saturated rings. The van der Waals surface area contributed by atoms with E-state index in [2.05, 4.69) is 19.9 Å². The molecular weight excluding hydrogens is 613 g/mol. The molecule has 6 aromatic rings. The summed E-state index contributed by atoms with van der Waals surface area (Å²) < 4.78 is 5.04. The molecule has 2 heterocycles. The van der Waals surface area contributed by atoms with Crippen LogP contribution in [0.4, 0.5) is 16.2 Å². The molecule has 0 spiro atoms. The molecule has 4 aromatic carbocycles. The zero-order chi connectivity index (χ0) is 33.0. The summed E-state index contributed by atoms with van der Waals surface area (Å²) >= 11 is 1.19. The summed E-state index contributed by atoms with van der Waals surface area (Å²) in [5.74, 6) is -1.07. The van der Waals surface area contributed by atoms with Gasteiger partial charge in [-0.3, -0.25) is 4.79 Å². The molecule has 6 rings (SSSR count). The van der Waals surface area contributed by atoms with Crippen molar-refractivity contribution in [3.63, 3.8) is 0 Å². The maximum Gasteiger partial charge on any atom is 0.443 e. The van der Waals surface area contributed by atoms with E-state index in [1.807, 2.05) is 49.4 Å². The number of fused-ring (bicyclic) bond motifs is 2. The number of thioether (sulfide) groups is 1. The van der Waals surface area contributed by atoms with Gasteiger partial charge >= 0.3 is 11.9 Å². The fourth-order valence-corrected chi connectivity index (χ4v) is 5.90. The van der Waals surface area contributed by atoms with Crippen LogP contribution in [-0.4, -0.2) is 57.2 Å². The smallest absolute Gasteiger partial charge is 0.443 e. The molecule has 47 heavy (non-hydrogen) atoms. The van der Waals surface area contributed by atoms with E-state index in [9.17, 15) is 14.4 Å². The quantitative estimate of drug-likeness (QED) is 0.132. The van der Waals surface area contributed by atoms with Gasteiger partial charge in [0, 0.05) is 12.1 Å². The van der Waals surface area contributed by atoms with Crippen molar-refractivity contribution in [3.05, 3.63) is 121 Å². The third-order valence-corrected chi connectivity index (χ3v) is 8.73. The average Bonchev–Trinajstić information content (AvgIpc) is 3.10. The van der Waals surface area contributed by atoms with Crippen molar-refractivity contribution < 1.29 is 19.1 Å². The lowest BCUT2D eigenvalue weighted by atomic mass is 10.2. The molecule has 10 nitrogen and oxygen atoms in total. The summed E-state index contributed by atoms with van der Waals surface area (Å²) in [6.45, 7) is 3.07. The van der Waals surface area contributed by atoms with E-state index >= 15 is 0 Å². The number of quaternary nitrogens is 1. The van der Waals surface area contributed by atoms with Gasteiger partial charge in [-0.05, 0) is 50.2 Å². The predicted octanol–water partition coefficient (Wildman–Crippen LogP) is 6.68. The van der Waals surface area contributed by atoms with E-state index in [1.54, 1.807) is 73.7 Å². The van der Waals surface area contributed by atoms with Gasteiger partial charge in [-0.25, -0.2) is 29.5 Å². The molecule has 1 unspecified atom stereocenters. The first-order valence-corrected chi connectivity index (χ1v) is 15.8. The van der Waals surface area contributed by atoms with E-state index in [0.29, 0.717) is 44.3 Å². The number of anilines is 1. The second-order valence-electron chi connectivity index (χ2n) is 10.9. The van der Waals surface area contributed by atoms with E-state index < -0.39 is 28.9 Å². The molecule has 0 aliphatic heterocycles. The highest BCUT2D eigenvalue weighted by atomic mass is 32.2. The minimum atomic E-state index is -0.874. The van der Waals surface area contributed by atoms with Crippen molar-refractivity contribution in [2.24, 2.45) is 0 Å². The standard InChI is InChI=1S/C36H31N6O4S/c1-24-34(39-30-20-12-10-18-28(30)37-24)46-22-33(44)42(3,27-16-8-5-9-17-27)36(45)41(26-14-6-4-7-15-26)32(43)23-47-35-25(2)38-29-19-11-13-21-31(29)40-35/h4-21H,22-23H2,1-3H3/q+1. The van der Waals surface area contributed by atoms with Crippen LogP contribution < -0.4 is 14.1 Å².